The Labute approximate surface area is 167 Å². The van der Waals surface area contributed by atoms with E-state index in [-0.39, 0.29) is 5.91 Å². The number of aromatic nitrogens is 1. The molecule has 0 atom stereocenters. The number of nitrogens with one attached hydrogen (secondary N) is 2. The highest BCUT2D eigenvalue weighted by Gasteiger charge is 2.17. The summed E-state index contributed by atoms with van der Waals surface area (Å²) in [6, 6.07) is 23.9. The van der Waals surface area contributed by atoms with Crippen LogP contribution in [0.3, 0.4) is 0 Å². The van der Waals surface area contributed by atoms with E-state index in [1.54, 1.807) is 17.6 Å². The monoisotopic (exact) mass is 385 g/mol. The van der Waals surface area contributed by atoms with Crippen LogP contribution in [0.1, 0.15) is 20.9 Å². The van der Waals surface area contributed by atoms with Gasteiger partial charge in [-0.25, -0.2) is 5.43 Å². The molecule has 2 aromatic heterocycles. The second kappa shape index (κ2) is 8.06. The van der Waals surface area contributed by atoms with E-state index in [0.717, 1.165) is 32.8 Å². The molecule has 0 radical (unpaired) electrons. The molecule has 2 N–H and O–H groups in total. The summed E-state index contributed by atoms with van der Waals surface area (Å²) in [5, 5.41) is 6.14. The SMILES string of the molecule is Cc1ccsc1/C=N\NC(=O)c1[nH]c(-c2ccccc2)cc1-c1ccccc1. The van der Waals surface area contributed by atoms with Gasteiger partial charge in [-0.3, -0.25) is 4.79 Å². The minimum Gasteiger partial charge on any atom is -0.350 e. The Bertz CT molecular complexity index is 1110. The summed E-state index contributed by atoms with van der Waals surface area (Å²) < 4.78 is 0. The first-order valence-electron chi connectivity index (χ1n) is 8.94. The molecule has 4 aromatic rings. The maximum atomic E-state index is 12.8. The summed E-state index contributed by atoms with van der Waals surface area (Å²) in [5.41, 5.74) is 8.01. The van der Waals surface area contributed by atoms with Crippen molar-refractivity contribution in [1.82, 2.24) is 10.4 Å². The third-order valence-electron chi connectivity index (χ3n) is 4.46. The van der Waals surface area contributed by atoms with E-state index >= 15 is 0 Å². The van der Waals surface area contributed by atoms with Crippen molar-refractivity contribution in [3.63, 3.8) is 0 Å². The molecule has 0 aliphatic carbocycles. The van der Waals surface area contributed by atoms with Crippen LogP contribution in [-0.4, -0.2) is 17.1 Å². The van der Waals surface area contributed by atoms with Gasteiger partial charge in [-0.15, -0.1) is 11.3 Å². The number of hydrogen-bond acceptors (Lipinski definition) is 3. The molecule has 0 bridgehead atoms. The van der Waals surface area contributed by atoms with Crippen LogP contribution < -0.4 is 5.43 Å². The molecule has 0 saturated carbocycles. The summed E-state index contributed by atoms with van der Waals surface area (Å²) in [4.78, 5) is 17.1. The van der Waals surface area contributed by atoms with E-state index in [1.165, 1.54) is 0 Å². The number of H-pyrrole nitrogens is 1. The van der Waals surface area contributed by atoms with Crippen molar-refractivity contribution in [1.29, 1.82) is 0 Å². The van der Waals surface area contributed by atoms with Gasteiger partial charge >= 0.3 is 0 Å². The maximum Gasteiger partial charge on any atom is 0.288 e. The molecule has 4 nitrogen and oxygen atoms in total. The number of nitrogens with zero attached hydrogens (tertiary/aromatic N) is 1. The second-order valence-electron chi connectivity index (χ2n) is 6.37. The topological polar surface area (TPSA) is 57.2 Å². The lowest BCUT2D eigenvalue weighted by Gasteiger charge is -2.03. The number of hydrazone groups is 1. The van der Waals surface area contributed by atoms with Crippen LogP contribution in [0.25, 0.3) is 22.4 Å². The molecule has 0 aliphatic heterocycles. The summed E-state index contributed by atoms with van der Waals surface area (Å²) >= 11 is 1.59. The Hall–Kier alpha value is -3.44. The standard InChI is InChI=1S/C23H19N3OS/c1-16-12-13-28-21(16)15-24-26-23(27)22-19(17-8-4-2-5-9-17)14-20(25-22)18-10-6-3-7-11-18/h2-15,25H,1H3,(H,26,27)/b24-15-. The number of aryl methyl sites for hydroxylation is 1. The van der Waals surface area contributed by atoms with Crippen molar-refractivity contribution in [3.8, 4) is 22.4 Å². The lowest BCUT2D eigenvalue weighted by atomic mass is 10.0. The number of carbonyl (C=O) groups excluding carboxylic acids is 1. The van der Waals surface area contributed by atoms with Gasteiger partial charge in [-0.1, -0.05) is 60.7 Å². The molecular formula is C23H19N3OS. The summed E-state index contributed by atoms with van der Waals surface area (Å²) in [6.07, 6.45) is 1.68. The first kappa shape index (κ1) is 17.9. The fourth-order valence-electron chi connectivity index (χ4n) is 2.97. The van der Waals surface area contributed by atoms with Crippen molar-refractivity contribution < 1.29 is 4.79 Å². The van der Waals surface area contributed by atoms with E-state index in [4.69, 9.17) is 0 Å². The van der Waals surface area contributed by atoms with Crippen LogP contribution in [-0.2, 0) is 0 Å². The molecule has 0 saturated heterocycles. The van der Waals surface area contributed by atoms with Gasteiger partial charge in [0.2, 0.25) is 0 Å². The second-order valence-corrected chi connectivity index (χ2v) is 7.32. The number of amides is 1. The van der Waals surface area contributed by atoms with Crippen LogP contribution in [0, 0.1) is 6.92 Å². The van der Waals surface area contributed by atoms with E-state index < -0.39 is 0 Å². The highest BCUT2D eigenvalue weighted by Crippen LogP contribution is 2.29. The van der Waals surface area contributed by atoms with E-state index in [0.29, 0.717) is 5.69 Å². The van der Waals surface area contributed by atoms with Crippen LogP contribution in [0.4, 0.5) is 0 Å². The van der Waals surface area contributed by atoms with E-state index in [2.05, 4.69) is 15.5 Å². The lowest BCUT2D eigenvalue weighted by Crippen LogP contribution is -2.18. The van der Waals surface area contributed by atoms with Gasteiger partial charge in [0.1, 0.15) is 5.69 Å². The largest absolute Gasteiger partial charge is 0.350 e. The molecule has 28 heavy (non-hydrogen) atoms. The zero-order valence-electron chi connectivity index (χ0n) is 15.3. The zero-order valence-corrected chi connectivity index (χ0v) is 16.2. The number of aromatic amines is 1. The molecule has 2 aromatic carbocycles. The predicted octanol–water partition coefficient (Wildman–Crippen LogP) is 5.48. The average Bonchev–Trinajstić information content (AvgIpc) is 3.36. The Morgan fingerprint density at radius 1 is 1.00 bits per heavy atom. The van der Waals surface area contributed by atoms with Crippen LogP contribution >= 0.6 is 11.3 Å². The van der Waals surface area contributed by atoms with Crippen molar-refractivity contribution in [3.05, 3.63) is 94.3 Å². The summed E-state index contributed by atoms with van der Waals surface area (Å²) in [6.45, 7) is 2.02. The van der Waals surface area contributed by atoms with Gasteiger partial charge in [-0.05, 0) is 41.1 Å². The highest BCUT2D eigenvalue weighted by atomic mass is 32.1. The predicted molar refractivity (Wildman–Crippen MR) is 116 cm³/mol. The molecule has 0 aliphatic rings. The van der Waals surface area contributed by atoms with E-state index in [9.17, 15) is 4.79 Å². The van der Waals surface area contributed by atoms with Gasteiger partial charge in [-0.2, -0.15) is 5.10 Å². The Kier molecular flexibility index (Phi) is 5.17. The van der Waals surface area contributed by atoms with Crippen LogP contribution in [0.15, 0.2) is 83.3 Å². The minimum atomic E-state index is -0.272. The summed E-state index contributed by atoms with van der Waals surface area (Å²) in [7, 11) is 0. The number of rotatable bonds is 5. The first-order valence-corrected chi connectivity index (χ1v) is 9.81. The fraction of sp³-hybridized carbons (Fsp3) is 0.0435. The molecular weight excluding hydrogens is 366 g/mol. The smallest absolute Gasteiger partial charge is 0.288 e. The number of carbonyl (C=O) groups is 1. The van der Waals surface area contributed by atoms with Gasteiger partial charge in [0.15, 0.2) is 0 Å². The zero-order chi connectivity index (χ0) is 19.3. The number of hydrogen-bond donors (Lipinski definition) is 2. The molecule has 0 fully saturated rings. The highest BCUT2D eigenvalue weighted by molar-refractivity contribution is 7.11. The molecule has 0 spiro atoms. The van der Waals surface area contributed by atoms with Crippen LogP contribution in [0.5, 0.6) is 0 Å². The van der Waals surface area contributed by atoms with Crippen molar-refractivity contribution >= 4 is 23.5 Å². The van der Waals surface area contributed by atoms with Crippen molar-refractivity contribution in [2.75, 3.05) is 0 Å². The molecule has 1 amide bonds. The number of benzene rings is 2. The van der Waals surface area contributed by atoms with Gasteiger partial charge in [0, 0.05) is 16.1 Å². The third-order valence-corrected chi connectivity index (χ3v) is 5.42. The van der Waals surface area contributed by atoms with Gasteiger partial charge in [0.05, 0.1) is 6.21 Å². The molecule has 0 unspecified atom stereocenters. The quantitative estimate of drug-likeness (QED) is 0.347. The van der Waals surface area contributed by atoms with Gasteiger partial charge < -0.3 is 4.98 Å². The minimum absolute atomic E-state index is 0.272. The van der Waals surface area contributed by atoms with Gasteiger partial charge in [0.25, 0.3) is 5.91 Å². The Morgan fingerprint density at radius 3 is 2.32 bits per heavy atom. The normalized spacial score (nSPS) is 11.0. The molecule has 5 heteroatoms. The molecule has 138 valence electrons. The van der Waals surface area contributed by atoms with Crippen LogP contribution in [0.2, 0.25) is 0 Å². The number of thiophene rings is 1. The Balaban J connectivity index is 1.66. The third kappa shape index (κ3) is 3.80. The van der Waals surface area contributed by atoms with Crippen molar-refractivity contribution in [2.24, 2.45) is 5.10 Å². The van der Waals surface area contributed by atoms with Crippen molar-refractivity contribution in [2.45, 2.75) is 6.92 Å². The lowest BCUT2D eigenvalue weighted by molar-refractivity contribution is 0.0951. The maximum absolute atomic E-state index is 12.8. The molecule has 2 heterocycles. The molecule has 4 rings (SSSR count). The summed E-state index contributed by atoms with van der Waals surface area (Å²) in [5.74, 6) is -0.272. The van der Waals surface area contributed by atoms with E-state index in [1.807, 2.05) is 85.1 Å². The fourth-order valence-corrected chi connectivity index (χ4v) is 3.76. The average molecular weight is 385 g/mol. The Morgan fingerprint density at radius 2 is 1.68 bits per heavy atom. The first-order chi connectivity index (χ1) is 13.7.